The summed E-state index contributed by atoms with van der Waals surface area (Å²) in [5.41, 5.74) is 0.112. The van der Waals surface area contributed by atoms with Crippen LogP contribution in [0.5, 0.6) is 5.75 Å². The number of likely N-dealkylation sites (N-methyl/N-ethyl adjacent to an activating group) is 1. The van der Waals surface area contributed by atoms with E-state index in [9.17, 15) is 9.50 Å². The van der Waals surface area contributed by atoms with Crippen molar-refractivity contribution in [1.29, 1.82) is 0 Å². The summed E-state index contributed by atoms with van der Waals surface area (Å²) >= 11 is 0. The van der Waals surface area contributed by atoms with E-state index in [0.29, 0.717) is 19.7 Å². The average molecular weight is 255 g/mol. The van der Waals surface area contributed by atoms with Crippen LogP contribution in [0.4, 0.5) is 4.39 Å². The van der Waals surface area contributed by atoms with Crippen LogP contribution < -0.4 is 4.74 Å². The van der Waals surface area contributed by atoms with Crippen molar-refractivity contribution in [3.05, 3.63) is 29.6 Å². The average Bonchev–Trinajstić information content (AvgIpc) is 2.19. The Morgan fingerprint density at radius 3 is 2.56 bits per heavy atom. The van der Waals surface area contributed by atoms with Crippen molar-refractivity contribution in [2.45, 2.75) is 32.9 Å². The highest BCUT2D eigenvalue weighted by Crippen LogP contribution is 2.19. The third-order valence-electron chi connectivity index (χ3n) is 2.41. The Hall–Kier alpha value is -1.13. The number of halogens is 1. The van der Waals surface area contributed by atoms with Gasteiger partial charge in [0.25, 0.3) is 0 Å². The van der Waals surface area contributed by atoms with Gasteiger partial charge in [0, 0.05) is 13.1 Å². The van der Waals surface area contributed by atoms with Gasteiger partial charge in [0.05, 0.1) is 12.2 Å². The molecule has 4 heteroatoms. The first kappa shape index (κ1) is 14.9. The van der Waals surface area contributed by atoms with Crippen molar-refractivity contribution in [2.75, 3.05) is 20.2 Å². The standard InChI is InChI=1S/C14H22FNO2/c1-5-18-13-7-6-11(8-12(13)15)9-16(4)10-14(2,3)17/h6-8,17H,5,9-10H2,1-4H3. The summed E-state index contributed by atoms with van der Waals surface area (Å²) in [6.45, 7) is 6.90. The second-order valence-electron chi connectivity index (χ2n) is 5.18. The summed E-state index contributed by atoms with van der Waals surface area (Å²) in [7, 11) is 1.90. The molecule has 1 rings (SSSR count). The Morgan fingerprint density at radius 2 is 2.06 bits per heavy atom. The molecule has 0 aliphatic carbocycles. The Balaban J connectivity index is 2.65. The van der Waals surface area contributed by atoms with E-state index in [1.54, 1.807) is 19.9 Å². The molecule has 0 fully saturated rings. The molecule has 0 radical (unpaired) electrons. The lowest BCUT2D eigenvalue weighted by Gasteiger charge is -2.25. The molecule has 0 saturated carbocycles. The molecule has 0 aliphatic rings. The van der Waals surface area contributed by atoms with Crippen LogP contribution in [0.1, 0.15) is 26.3 Å². The molecule has 0 aromatic heterocycles. The highest BCUT2D eigenvalue weighted by molar-refractivity contribution is 5.29. The highest BCUT2D eigenvalue weighted by Gasteiger charge is 2.16. The first-order valence-electron chi connectivity index (χ1n) is 6.14. The minimum atomic E-state index is -0.751. The molecule has 0 saturated heterocycles. The van der Waals surface area contributed by atoms with Crippen molar-refractivity contribution in [1.82, 2.24) is 4.90 Å². The zero-order valence-corrected chi connectivity index (χ0v) is 11.5. The fraction of sp³-hybridized carbons (Fsp3) is 0.571. The molecule has 18 heavy (non-hydrogen) atoms. The van der Waals surface area contributed by atoms with Gasteiger partial charge in [-0.2, -0.15) is 0 Å². The number of hydrogen-bond donors (Lipinski definition) is 1. The topological polar surface area (TPSA) is 32.7 Å². The summed E-state index contributed by atoms with van der Waals surface area (Å²) in [5, 5.41) is 9.70. The molecule has 1 aromatic carbocycles. The van der Waals surface area contributed by atoms with Gasteiger partial charge in [-0.05, 0) is 45.5 Å². The maximum absolute atomic E-state index is 13.6. The van der Waals surface area contributed by atoms with E-state index in [-0.39, 0.29) is 11.6 Å². The van der Waals surface area contributed by atoms with Crippen molar-refractivity contribution in [2.24, 2.45) is 0 Å². The quantitative estimate of drug-likeness (QED) is 0.847. The molecule has 1 N–H and O–H groups in total. The van der Waals surface area contributed by atoms with Crippen molar-refractivity contribution >= 4 is 0 Å². The van der Waals surface area contributed by atoms with Crippen molar-refractivity contribution in [3.8, 4) is 5.75 Å². The number of hydrogen-bond acceptors (Lipinski definition) is 3. The Labute approximate surface area is 108 Å². The molecule has 0 amide bonds. The van der Waals surface area contributed by atoms with E-state index in [4.69, 9.17) is 4.74 Å². The Morgan fingerprint density at radius 1 is 1.39 bits per heavy atom. The Kier molecular flexibility index (Phi) is 5.11. The highest BCUT2D eigenvalue weighted by atomic mass is 19.1. The third kappa shape index (κ3) is 5.02. The third-order valence-corrected chi connectivity index (χ3v) is 2.41. The molecule has 0 heterocycles. The van der Waals surface area contributed by atoms with Gasteiger partial charge >= 0.3 is 0 Å². The van der Waals surface area contributed by atoms with Gasteiger partial charge in [-0.15, -0.1) is 0 Å². The van der Waals surface area contributed by atoms with Crippen LogP contribution in [0.3, 0.4) is 0 Å². The molecular weight excluding hydrogens is 233 g/mol. The van der Waals surface area contributed by atoms with Crippen LogP contribution >= 0.6 is 0 Å². The maximum atomic E-state index is 13.6. The summed E-state index contributed by atoms with van der Waals surface area (Å²) in [6, 6.07) is 4.97. The fourth-order valence-electron chi connectivity index (χ4n) is 1.94. The molecular formula is C14H22FNO2. The van der Waals surface area contributed by atoms with Crippen LogP contribution in [0.15, 0.2) is 18.2 Å². The zero-order chi connectivity index (χ0) is 13.8. The predicted octanol–water partition coefficient (Wildman–Crippen LogP) is 2.43. The lowest BCUT2D eigenvalue weighted by Crippen LogP contribution is -2.35. The number of ether oxygens (including phenoxy) is 1. The number of nitrogens with zero attached hydrogens (tertiary/aromatic N) is 1. The van der Waals surface area contributed by atoms with E-state index in [0.717, 1.165) is 5.56 Å². The van der Waals surface area contributed by atoms with Gasteiger partial charge in [-0.25, -0.2) is 4.39 Å². The van der Waals surface area contributed by atoms with Gasteiger partial charge in [-0.3, -0.25) is 4.90 Å². The fourth-order valence-corrected chi connectivity index (χ4v) is 1.94. The van der Waals surface area contributed by atoms with Gasteiger partial charge in [0.15, 0.2) is 11.6 Å². The molecule has 0 unspecified atom stereocenters. The second kappa shape index (κ2) is 6.16. The largest absolute Gasteiger partial charge is 0.491 e. The number of rotatable bonds is 6. The summed E-state index contributed by atoms with van der Waals surface area (Å²) in [6.07, 6.45) is 0. The smallest absolute Gasteiger partial charge is 0.165 e. The number of benzene rings is 1. The molecule has 0 spiro atoms. The van der Waals surface area contributed by atoms with Crippen LogP contribution in [0, 0.1) is 5.82 Å². The normalized spacial score (nSPS) is 11.9. The monoisotopic (exact) mass is 255 g/mol. The van der Waals surface area contributed by atoms with Crippen LogP contribution in [0.25, 0.3) is 0 Å². The minimum absolute atomic E-state index is 0.284. The van der Waals surface area contributed by atoms with Crippen LogP contribution in [-0.2, 0) is 6.54 Å². The van der Waals surface area contributed by atoms with E-state index >= 15 is 0 Å². The van der Waals surface area contributed by atoms with Crippen molar-refractivity contribution in [3.63, 3.8) is 0 Å². The lowest BCUT2D eigenvalue weighted by molar-refractivity contribution is 0.0424. The summed E-state index contributed by atoms with van der Waals surface area (Å²) in [4.78, 5) is 1.95. The second-order valence-corrected chi connectivity index (χ2v) is 5.18. The molecule has 0 bridgehead atoms. The molecule has 1 aromatic rings. The van der Waals surface area contributed by atoms with Gasteiger partial charge in [0.2, 0.25) is 0 Å². The van der Waals surface area contributed by atoms with E-state index in [1.807, 2.05) is 24.9 Å². The molecule has 0 atom stereocenters. The lowest BCUT2D eigenvalue weighted by atomic mass is 10.1. The maximum Gasteiger partial charge on any atom is 0.165 e. The first-order valence-corrected chi connectivity index (χ1v) is 6.14. The van der Waals surface area contributed by atoms with E-state index < -0.39 is 5.60 Å². The van der Waals surface area contributed by atoms with E-state index in [1.165, 1.54) is 6.07 Å². The zero-order valence-electron chi connectivity index (χ0n) is 11.5. The molecule has 102 valence electrons. The van der Waals surface area contributed by atoms with E-state index in [2.05, 4.69) is 0 Å². The van der Waals surface area contributed by atoms with Crippen LogP contribution in [-0.4, -0.2) is 35.8 Å². The van der Waals surface area contributed by atoms with Gasteiger partial charge < -0.3 is 9.84 Å². The van der Waals surface area contributed by atoms with Crippen molar-refractivity contribution < 1.29 is 14.2 Å². The minimum Gasteiger partial charge on any atom is -0.491 e. The Bertz CT molecular complexity index is 388. The summed E-state index contributed by atoms with van der Waals surface area (Å²) < 4.78 is 18.8. The first-order chi connectivity index (χ1) is 8.31. The molecule has 3 nitrogen and oxygen atoms in total. The SMILES string of the molecule is CCOc1ccc(CN(C)CC(C)(C)O)cc1F. The van der Waals surface area contributed by atoms with Crippen LogP contribution in [0.2, 0.25) is 0 Å². The van der Waals surface area contributed by atoms with Gasteiger partial charge in [0.1, 0.15) is 0 Å². The predicted molar refractivity (Wildman–Crippen MR) is 70.2 cm³/mol. The summed E-state index contributed by atoms with van der Waals surface area (Å²) in [5.74, 6) is -0.0580. The molecule has 0 aliphatic heterocycles. The number of aliphatic hydroxyl groups is 1. The van der Waals surface area contributed by atoms with Gasteiger partial charge in [-0.1, -0.05) is 6.07 Å².